The Morgan fingerprint density at radius 3 is 2.46 bits per heavy atom. The van der Waals surface area contributed by atoms with Crippen LogP contribution in [0, 0.1) is 0 Å². The highest BCUT2D eigenvalue weighted by Crippen LogP contribution is 2.26. The van der Waals surface area contributed by atoms with Crippen LogP contribution < -0.4 is 10.1 Å². The normalized spacial score (nSPS) is 19.8. The van der Waals surface area contributed by atoms with Crippen LogP contribution in [0.15, 0.2) is 24.3 Å². The molecule has 1 unspecified atom stereocenters. The number of morpholine rings is 1. The first-order valence-corrected chi connectivity index (χ1v) is 9.85. The largest absolute Gasteiger partial charge is 0.494 e. The van der Waals surface area contributed by atoms with E-state index >= 15 is 0 Å². The summed E-state index contributed by atoms with van der Waals surface area (Å²) in [6.07, 6.45) is 3.75. The summed E-state index contributed by atoms with van der Waals surface area (Å²) in [5.74, 6) is 0.894. The van der Waals surface area contributed by atoms with Crippen molar-refractivity contribution in [2.45, 2.75) is 32.2 Å². The van der Waals surface area contributed by atoms with Crippen molar-refractivity contribution >= 4 is 6.03 Å². The third-order valence-electron chi connectivity index (χ3n) is 5.15. The highest BCUT2D eigenvalue weighted by molar-refractivity contribution is 5.74. The zero-order chi connectivity index (χ0) is 18.2. The fourth-order valence-electron chi connectivity index (χ4n) is 3.70. The van der Waals surface area contributed by atoms with E-state index in [1.807, 2.05) is 24.0 Å². The molecule has 0 aliphatic carbocycles. The second-order valence-corrected chi connectivity index (χ2v) is 6.90. The highest BCUT2D eigenvalue weighted by Gasteiger charge is 2.24. The first-order chi connectivity index (χ1) is 12.8. The summed E-state index contributed by atoms with van der Waals surface area (Å²) >= 11 is 0. The Hall–Kier alpha value is -1.79. The number of urea groups is 1. The summed E-state index contributed by atoms with van der Waals surface area (Å²) in [5.41, 5.74) is 1.23. The van der Waals surface area contributed by atoms with Gasteiger partial charge in [0.25, 0.3) is 0 Å². The zero-order valence-corrected chi connectivity index (χ0v) is 15.8. The molecule has 2 saturated heterocycles. The number of nitrogens with zero attached hydrogens (tertiary/aromatic N) is 2. The van der Waals surface area contributed by atoms with E-state index in [9.17, 15) is 4.79 Å². The molecule has 3 rings (SSSR count). The van der Waals surface area contributed by atoms with E-state index in [2.05, 4.69) is 22.3 Å². The lowest BCUT2D eigenvalue weighted by Crippen LogP contribution is -2.48. The van der Waals surface area contributed by atoms with E-state index in [-0.39, 0.29) is 12.1 Å². The van der Waals surface area contributed by atoms with Gasteiger partial charge >= 0.3 is 6.03 Å². The number of amides is 2. The van der Waals surface area contributed by atoms with Gasteiger partial charge in [0.15, 0.2) is 0 Å². The second-order valence-electron chi connectivity index (χ2n) is 6.90. The second kappa shape index (κ2) is 9.78. The predicted molar refractivity (Wildman–Crippen MR) is 102 cm³/mol. The van der Waals surface area contributed by atoms with Crippen LogP contribution >= 0.6 is 0 Å². The molecular weight excluding hydrogens is 330 g/mol. The molecule has 0 spiro atoms. The molecular formula is C20H31N3O3. The molecule has 0 bridgehead atoms. The number of nitrogens with one attached hydrogen (secondary N) is 1. The van der Waals surface area contributed by atoms with Crippen molar-refractivity contribution in [1.29, 1.82) is 0 Å². The molecule has 26 heavy (non-hydrogen) atoms. The van der Waals surface area contributed by atoms with E-state index in [0.717, 1.165) is 18.8 Å². The molecule has 2 heterocycles. The van der Waals surface area contributed by atoms with Crippen molar-refractivity contribution in [1.82, 2.24) is 15.1 Å². The lowest BCUT2D eigenvalue weighted by molar-refractivity contribution is 0.0524. The summed E-state index contributed by atoms with van der Waals surface area (Å²) in [5, 5.41) is 3.15. The van der Waals surface area contributed by atoms with Crippen LogP contribution in [0.5, 0.6) is 5.75 Å². The van der Waals surface area contributed by atoms with E-state index in [1.165, 1.54) is 24.8 Å². The summed E-state index contributed by atoms with van der Waals surface area (Å²) in [4.78, 5) is 16.8. The fourth-order valence-corrected chi connectivity index (χ4v) is 3.70. The van der Waals surface area contributed by atoms with Gasteiger partial charge in [-0.05, 0) is 50.6 Å². The van der Waals surface area contributed by atoms with Gasteiger partial charge in [0.05, 0.1) is 25.9 Å². The Balaban J connectivity index is 1.65. The topological polar surface area (TPSA) is 54.0 Å². The van der Waals surface area contributed by atoms with Gasteiger partial charge < -0.3 is 19.7 Å². The van der Waals surface area contributed by atoms with Crippen molar-refractivity contribution in [3.8, 4) is 5.75 Å². The van der Waals surface area contributed by atoms with Gasteiger partial charge in [0.1, 0.15) is 5.75 Å². The summed E-state index contributed by atoms with van der Waals surface area (Å²) in [6, 6.07) is 8.53. The van der Waals surface area contributed by atoms with Gasteiger partial charge in [-0.2, -0.15) is 0 Å². The maximum atomic E-state index is 12.5. The quantitative estimate of drug-likeness (QED) is 0.846. The molecule has 2 fully saturated rings. The number of piperidine rings is 1. The van der Waals surface area contributed by atoms with Crippen LogP contribution in [0.1, 0.15) is 37.8 Å². The van der Waals surface area contributed by atoms with Crippen LogP contribution in [0.3, 0.4) is 0 Å². The van der Waals surface area contributed by atoms with Crippen LogP contribution in [-0.4, -0.2) is 68.4 Å². The number of carbonyl (C=O) groups excluding carboxylic acids is 1. The average Bonchev–Trinajstić information content (AvgIpc) is 2.71. The first-order valence-electron chi connectivity index (χ1n) is 9.85. The molecule has 144 valence electrons. The minimum atomic E-state index is 0.0150. The number of ether oxygens (including phenoxy) is 2. The van der Waals surface area contributed by atoms with Gasteiger partial charge in [0.2, 0.25) is 0 Å². The molecule has 0 aromatic heterocycles. The first kappa shape index (κ1) is 19.0. The monoisotopic (exact) mass is 361 g/mol. The lowest BCUT2D eigenvalue weighted by Gasteiger charge is -2.36. The number of hydrogen-bond donors (Lipinski definition) is 1. The van der Waals surface area contributed by atoms with Crippen molar-refractivity contribution in [2.75, 3.05) is 52.5 Å². The van der Waals surface area contributed by atoms with Gasteiger partial charge in [-0.1, -0.05) is 18.6 Å². The van der Waals surface area contributed by atoms with E-state index < -0.39 is 0 Å². The molecule has 0 radical (unpaired) electrons. The third-order valence-corrected chi connectivity index (χ3v) is 5.15. The van der Waals surface area contributed by atoms with Gasteiger partial charge in [-0.15, -0.1) is 0 Å². The summed E-state index contributed by atoms with van der Waals surface area (Å²) in [6.45, 7) is 8.06. The Bertz CT molecular complexity index is 552. The van der Waals surface area contributed by atoms with Crippen molar-refractivity contribution in [3.63, 3.8) is 0 Å². The minimum Gasteiger partial charge on any atom is -0.494 e. The Labute approximate surface area is 156 Å². The van der Waals surface area contributed by atoms with Crippen molar-refractivity contribution in [3.05, 3.63) is 29.8 Å². The van der Waals surface area contributed by atoms with Crippen molar-refractivity contribution in [2.24, 2.45) is 0 Å². The smallest absolute Gasteiger partial charge is 0.317 e. The predicted octanol–water partition coefficient (Wildman–Crippen LogP) is 2.65. The van der Waals surface area contributed by atoms with Crippen LogP contribution in [0.25, 0.3) is 0 Å². The number of hydrogen-bond acceptors (Lipinski definition) is 4. The Morgan fingerprint density at radius 2 is 1.81 bits per heavy atom. The molecule has 6 heteroatoms. The maximum Gasteiger partial charge on any atom is 0.317 e. The molecule has 1 N–H and O–H groups in total. The van der Waals surface area contributed by atoms with Gasteiger partial charge in [0, 0.05) is 19.6 Å². The highest BCUT2D eigenvalue weighted by atomic mass is 16.5. The van der Waals surface area contributed by atoms with Crippen LogP contribution in [-0.2, 0) is 4.74 Å². The minimum absolute atomic E-state index is 0.0150. The number of likely N-dealkylation sites (tertiary alicyclic amines) is 1. The van der Waals surface area contributed by atoms with Gasteiger partial charge in [-0.25, -0.2) is 4.79 Å². The lowest BCUT2D eigenvalue weighted by atomic mass is 10.0. The Kier molecular flexibility index (Phi) is 7.14. The summed E-state index contributed by atoms with van der Waals surface area (Å²) in [7, 11) is 0. The molecule has 1 aromatic rings. The SMILES string of the molecule is CCOc1ccc(C(CNC(=O)N2CCOCC2)N2CCCCC2)cc1. The molecule has 0 saturated carbocycles. The van der Waals surface area contributed by atoms with E-state index in [4.69, 9.17) is 9.47 Å². The molecule has 2 aliphatic heterocycles. The van der Waals surface area contributed by atoms with E-state index in [0.29, 0.717) is 39.5 Å². The maximum absolute atomic E-state index is 12.5. The fraction of sp³-hybridized carbons (Fsp3) is 0.650. The molecule has 2 aliphatic rings. The standard InChI is InChI=1S/C20H31N3O3/c1-2-26-18-8-6-17(7-9-18)19(22-10-4-3-5-11-22)16-21-20(24)23-12-14-25-15-13-23/h6-9,19H,2-5,10-16H2,1H3,(H,21,24). The molecule has 1 atom stereocenters. The number of benzene rings is 1. The molecule has 6 nitrogen and oxygen atoms in total. The molecule has 1 aromatic carbocycles. The zero-order valence-electron chi connectivity index (χ0n) is 15.8. The average molecular weight is 361 g/mol. The Morgan fingerprint density at radius 1 is 1.12 bits per heavy atom. The number of rotatable bonds is 6. The molecule has 2 amide bonds. The van der Waals surface area contributed by atoms with Crippen LogP contribution in [0.4, 0.5) is 4.79 Å². The van der Waals surface area contributed by atoms with E-state index in [1.54, 1.807) is 0 Å². The summed E-state index contributed by atoms with van der Waals surface area (Å²) < 4.78 is 10.9. The van der Waals surface area contributed by atoms with Gasteiger partial charge in [-0.3, -0.25) is 4.90 Å². The van der Waals surface area contributed by atoms with Crippen LogP contribution in [0.2, 0.25) is 0 Å². The van der Waals surface area contributed by atoms with Crippen molar-refractivity contribution < 1.29 is 14.3 Å². The number of carbonyl (C=O) groups is 1. The third kappa shape index (κ3) is 5.11.